The molecule has 0 saturated carbocycles. The van der Waals surface area contributed by atoms with Gasteiger partial charge in [-0.1, -0.05) is 12.1 Å². The molecule has 15 heavy (non-hydrogen) atoms. The van der Waals surface area contributed by atoms with Gasteiger partial charge in [0.15, 0.2) is 0 Å². The molecule has 0 atom stereocenters. The van der Waals surface area contributed by atoms with Crippen molar-refractivity contribution in [2.75, 3.05) is 6.26 Å². The molecular formula is C11H10ClNS2. The van der Waals surface area contributed by atoms with Crippen LogP contribution in [-0.2, 0) is 5.88 Å². The van der Waals surface area contributed by atoms with Crippen molar-refractivity contribution in [3.05, 3.63) is 35.3 Å². The van der Waals surface area contributed by atoms with Gasteiger partial charge < -0.3 is 0 Å². The summed E-state index contributed by atoms with van der Waals surface area (Å²) in [5.41, 5.74) is 1.16. The van der Waals surface area contributed by atoms with Crippen molar-refractivity contribution in [2.24, 2.45) is 0 Å². The Morgan fingerprint density at radius 2 is 2.07 bits per heavy atom. The summed E-state index contributed by atoms with van der Waals surface area (Å²) in [6.07, 6.45) is 3.92. The average Bonchev–Trinajstić information content (AvgIpc) is 2.78. The van der Waals surface area contributed by atoms with E-state index in [1.54, 1.807) is 23.1 Å². The zero-order valence-electron chi connectivity index (χ0n) is 8.24. The monoisotopic (exact) mass is 255 g/mol. The highest BCUT2D eigenvalue weighted by Crippen LogP contribution is 2.27. The van der Waals surface area contributed by atoms with Gasteiger partial charge in [0.05, 0.1) is 5.88 Å². The largest absolute Gasteiger partial charge is 0.244 e. The summed E-state index contributed by atoms with van der Waals surface area (Å²) in [5.74, 6) is 0.542. The normalized spacial score (nSPS) is 10.5. The Hall–Kier alpha value is -0.510. The van der Waals surface area contributed by atoms with E-state index in [1.165, 1.54) is 4.90 Å². The van der Waals surface area contributed by atoms with E-state index in [1.807, 2.05) is 6.20 Å². The number of hydrogen-bond acceptors (Lipinski definition) is 3. The standard InChI is InChI=1S/C11H10ClNS2/c1-14-9-4-2-8(3-5-9)11-13-7-10(6-12)15-11/h2-5,7H,6H2,1H3. The second-order valence-corrected chi connectivity index (χ2v) is 5.26. The van der Waals surface area contributed by atoms with E-state index >= 15 is 0 Å². The maximum absolute atomic E-state index is 5.74. The molecule has 0 amide bonds. The average molecular weight is 256 g/mol. The van der Waals surface area contributed by atoms with Gasteiger partial charge in [-0.25, -0.2) is 4.98 Å². The first kappa shape index (κ1) is 11.0. The van der Waals surface area contributed by atoms with E-state index in [-0.39, 0.29) is 0 Å². The molecule has 78 valence electrons. The first-order valence-electron chi connectivity index (χ1n) is 4.48. The Morgan fingerprint density at radius 1 is 1.33 bits per heavy atom. The zero-order chi connectivity index (χ0) is 10.7. The molecule has 0 unspecified atom stereocenters. The van der Waals surface area contributed by atoms with Crippen LogP contribution in [0.3, 0.4) is 0 Å². The van der Waals surface area contributed by atoms with Crippen molar-refractivity contribution in [3.63, 3.8) is 0 Å². The number of thiazole rings is 1. The highest BCUT2D eigenvalue weighted by Gasteiger charge is 2.03. The van der Waals surface area contributed by atoms with Gasteiger partial charge in [-0.2, -0.15) is 0 Å². The van der Waals surface area contributed by atoms with Crippen LogP contribution in [0, 0.1) is 0 Å². The van der Waals surface area contributed by atoms with Crippen LogP contribution < -0.4 is 0 Å². The van der Waals surface area contributed by atoms with Gasteiger partial charge in [0.2, 0.25) is 0 Å². The number of benzene rings is 1. The Kier molecular flexibility index (Phi) is 3.67. The van der Waals surface area contributed by atoms with Crippen molar-refractivity contribution in [1.82, 2.24) is 4.98 Å². The summed E-state index contributed by atoms with van der Waals surface area (Å²) >= 11 is 9.14. The van der Waals surface area contributed by atoms with Crippen LogP contribution in [0.1, 0.15) is 4.88 Å². The molecule has 2 aromatic rings. The fraction of sp³-hybridized carbons (Fsp3) is 0.182. The number of thioether (sulfide) groups is 1. The molecule has 1 heterocycles. The molecule has 4 heteroatoms. The molecule has 0 fully saturated rings. The predicted octanol–water partition coefficient (Wildman–Crippen LogP) is 4.27. The fourth-order valence-electron chi connectivity index (χ4n) is 1.24. The number of rotatable bonds is 3. The van der Waals surface area contributed by atoms with Crippen LogP contribution in [0.4, 0.5) is 0 Å². The fourth-order valence-corrected chi connectivity index (χ4v) is 2.64. The van der Waals surface area contributed by atoms with E-state index in [2.05, 4.69) is 35.5 Å². The van der Waals surface area contributed by atoms with Crippen molar-refractivity contribution in [2.45, 2.75) is 10.8 Å². The van der Waals surface area contributed by atoms with E-state index in [9.17, 15) is 0 Å². The van der Waals surface area contributed by atoms with Gasteiger partial charge in [-0.05, 0) is 18.4 Å². The van der Waals surface area contributed by atoms with Crippen LogP contribution in [0.15, 0.2) is 35.4 Å². The minimum Gasteiger partial charge on any atom is -0.244 e. The van der Waals surface area contributed by atoms with Crippen LogP contribution >= 0.6 is 34.7 Å². The van der Waals surface area contributed by atoms with Crippen LogP contribution in [0.25, 0.3) is 10.6 Å². The van der Waals surface area contributed by atoms with Crippen LogP contribution in [-0.4, -0.2) is 11.2 Å². The second kappa shape index (κ2) is 5.01. The molecule has 1 nitrogen and oxygen atoms in total. The third-order valence-corrected chi connectivity index (χ3v) is 4.26. The Bertz CT molecular complexity index is 436. The Labute approximate surface area is 103 Å². The van der Waals surface area contributed by atoms with Gasteiger partial charge in [0, 0.05) is 21.5 Å². The SMILES string of the molecule is CSc1ccc(-c2ncc(CCl)s2)cc1. The topological polar surface area (TPSA) is 12.9 Å². The molecule has 2 rings (SSSR count). The van der Waals surface area contributed by atoms with Crippen molar-refractivity contribution in [3.8, 4) is 10.6 Å². The molecule has 0 aliphatic heterocycles. The molecule has 1 aromatic carbocycles. The van der Waals surface area contributed by atoms with Crippen LogP contribution in [0.2, 0.25) is 0 Å². The zero-order valence-corrected chi connectivity index (χ0v) is 10.6. The molecule has 0 radical (unpaired) electrons. The molecular weight excluding hydrogens is 246 g/mol. The van der Waals surface area contributed by atoms with Gasteiger partial charge in [0.25, 0.3) is 0 Å². The van der Waals surface area contributed by atoms with Gasteiger partial charge in [-0.15, -0.1) is 34.7 Å². The molecule has 0 spiro atoms. The predicted molar refractivity (Wildman–Crippen MR) is 68.9 cm³/mol. The summed E-state index contributed by atoms with van der Waals surface area (Å²) in [7, 11) is 0. The first-order chi connectivity index (χ1) is 7.33. The minimum absolute atomic E-state index is 0.542. The second-order valence-electron chi connectivity index (χ2n) is 2.99. The van der Waals surface area contributed by atoms with Crippen molar-refractivity contribution in [1.29, 1.82) is 0 Å². The van der Waals surface area contributed by atoms with E-state index < -0.39 is 0 Å². The molecule has 1 aromatic heterocycles. The van der Waals surface area contributed by atoms with E-state index in [0.29, 0.717) is 5.88 Å². The number of halogens is 1. The third-order valence-electron chi connectivity index (χ3n) is 2.02. The smallest absolute Gasteiger partial charge is 0.123 e. The summed E-state index contributed by atoms with van der Waals surface area (Å²) in [4.78, 5) is 6.72. The van der Waals surface area contributed by atoms with Gasteiger partial charge in [0.1, 0.15) is 5.01 Å². The lowest BCUT2D eigenvalue weighted by molar-refractivity contribution is 1.35. The lowest BCUT2D eigenvalue weighted by Crippen LogP contribution is -1.75. The highest BCUT2D eigenvalue weighted by atomic mass is 35.5. The Balaban J connectivity index is 2.28. The lowest BCUT2D eigenvalue weighted by atomic mass is 10.2. The summed E-state index contributed by atoms with van der Waals surface area (Å²) < 4.78 is 0. The van der Waals surface area contributed by atoms with Gasteiger partial charge >= 0.3 is 0 Å². The molecule has 0 saturated heterocycles. The summed E-state index contributed by atoms with van der Waals surface area (Å²) in [5, 5.41) is 1.04. The minimum atomic E-state index is 0.542. The quantitative estimate of drug-likeness (QED) is 0.600. The van der Waals surface area contributed by atoms with Crippen molar-refractivity contribution >= 4 is 34.7 Å². The summed E-state index contributed by atoms with van der Waals surface area (Å²) in [6.45, 7) is 0. The summed E-state index contributed by atoms with van der Waals surface area (Å²) in [6, 6.07) is 8.43. The Morgan fingerprint density at radius 3 is 2.60 bits per heavy atom. The lowest BCUT2D eigenvalue weighted by Gasteiger charge is -1.98. The number of aromatic nitrogens is 1. The maximum Gasteiger partial charge on any atom is 0.123 e. The van der Waals surface area contributed by atoms with E-state index in [0.717, 1.165) is 15.4 Å². The molecule has 0 bridgehead atoms. The van der Waals surface area contributed by atoms with Crippen LogP contribution in [0.5, 0.6) is 0 Å². The maximum atomic E-state index is 5.74. The number of alkyl halides is 1. The van der Waals surface area contributed by atoms with Gasteiger partial charge in [-0.3, -0.25) is 0 Å². The van der Waals surface area contributed by atoms with E-state index in [4.69, 9.17) is 11.6 Å². The number of nitrogens with zero attached hydrogens (tertiary/aromatic N) is 1. The molecule has 0 N–H and O–H groups in total. The third kappa shape index (κ3) is 2.54. The van der Waals surface area contributed by atoms with Crippen molar-refractivity contribution < 1.29 is 0 Å². The molecule has 0 aliphatic carbocycles. The number of hydrogen-bond donors (Lipinski definition) is 0. The molecule has 0 aliphatic rings. The highest BCUT2D eigenvalue weighted by molar-refractivity contribution is 7.98. The first-order valence-corrected chi connectivity index (χ1v) is 7.06.